The first-order valence-corrected chi connectivity index (χ1v) is 11.7. The summed E-state index contributed by atoms with van der Waals surface area (Å²) in [5.74, 6) is 0.701. The molecule has 2 rings (SSSR count). The van der Waals surface area contributed by atoms with Crippen LogP contribution in [0, 0.1) is 13.8 Å². The number of nitrogens with one attached hydrogen (secondary N) is 1. The van der Waals surface area contributed by atoms with Crippen LogP contribution in [0.5, 0.6) is 17.2 Å². The second-order valence-electron chi connectivity index (χ2n) is 6.90. The molecule has 0 aromatic heterocycles. The molecule has 10 heteroatoms. The summed E-state index contributed by atoms with van der Waals surface area (Å²) in [4.78, 5) is 12.5. The molecule has 0 radical (unpaired) electrons. The van der Waals surface area contributed by atoms with Crippen LogP contribution in [0.2, 0.25) is 5.02 Å². The molecule has 0 aliphatic carbocycles. The van der Waals surface area contributed by atoms with E-state index in [9.17, 15) is 13.2 Å². The van der Waals surface area contributed by atoms with Crippen LogP contribution in [0.4, 0.5) is 5.69 Å². The SMILES string of the molecule is COc1cc(N(CC(=O)NCCOc2cc(C)ccc2C)S(C)(=O)=O)c(OC)cc1Cl. The summed E-state index contributed by atoms with van der Waals surface area (Å²) in [6, 6.07) is 8.72. The number of carbonyl (C=O) groups is 1. The van der Waals surface area contributed by atoms with Gasteiger partial charge in [0.1, 0.15) is 30.4 Å². The van der Waals surface area contributed by atoms with Crippen molar-refractivity contribution in [3.8, 4) is 17.2 Å². The van der Waals surface area contributed by atoms with E-state index >= 15 is 0 Å². The number of nitrogens with zero attached hydrogens (tertiary/aromatic N) is 1. The van der Waals surface area contributed by atoms with Gasteiger partial charge in [-0.1, -0.05) is 23.7 Å². The molecule has 0 aliphatic heterocycles. The van der Waals surface area contributed by atoms with Crippen LogP contribution < -0.4 is 23.8 Å². The molecule has 2 aromatic rings. The number of rotatable bonds is 10. The standard InChI is InChI=1S/C21H27ClN2O6S/c1-14-6-7-15(2)18(10-14)30-9-8-23-21(25)13-24(31(5,26)27)17-12-19(28-3)16(22)11-20(17)29-4/h6-7,10-12H,8-9,13H2,1-5H3,(H,23,25). The van der Waals surface area contributed by atoms with Crippen LogP contribution in [-0.2, 0) is 14.8 Å². The molecule has 0 unspecified atom stereocenters. The van der Waals surface area contributed by atoms with Gasteiger partial charge in [-0.3, -0.25) is 9.10 Å². The average molecular weight is 471 g/mol. The number of methoxy groups -OCH3 is 2. The summed E-state index contributed by atoms with van der Waals surface area (Å²) in [7, 11) is -1.02. The van der Waals surface area contributed by atoms with Crippen LogP contribution in [0.3, 0.4) is 0 Å². The first-order valence-electron chi connectivity index (χ1n) is 9.42. The van der Waals surface area contributed by atoms with Gasteiger partial charge in [-0.05, 0) is 31.0 Å². The van der Waals surface area contributed by atoms with E-state index in [1.807, 2.05) is 32.0 Å². The van der Waals surface area contributed by atoms with Crippen molar-refractivity contribution in [2.24, 2.45) is 0 Å². The van der Waals surface area contributed by atoms with E-state index < -0.39 is 22.5 Å². The molecule has 0 atom stereocenters. The van der Waals surface area contributed by atoms with E-state index in [0.717, 1.165) is 27.4 Å². The van der Waals surface area contributed by atoms with Crippen molar-refractivity contribution in [2.75, 3.05) is 44.5 Å². The lowest BCUT2D eigenvalue weighted by molar-refractivity contribution is -0.119. The van der Waals surface area contributed by atoms with Gasteiger partial charge >= 0.3 is 0 Å². The fraction of sp³-hybridized carbons (Fsp3) is 0.381. The Kier molecular flexibility index (Phi) is 8.41. The fourth-order valence-corrected chi connectivity index (χ4v) is 3.90. The minimum Gasteiger partial charge on any atom is -0.495 e. The Labute approximate surface area is 188 Å². The quantitative estimate of drug-likeness (QED) is 0.536. The number of hydrogen-bond acceptors (Lipinski definition) is 6. The number of aryl methyl sites for hydroxylation is 2. The third kappa shape index (κ3) is 6.67. The van der Waals surface area contributed by atoms with E-state index in [0.29, 0.717) is 0 Å². The number of hydrogen-bond donors (Lipinski definition) is 1. The second kappa shape index (κ2) is 10.6. The molecule has 31 heavy (non-hydrogen) atoms. The van der Waals surface area contributed by atoms with Gasteiger partial charge in [0.05, 0.1) is 37.7 Å². The zero-order valence-corrected chi connectivity index (χ0v) is 19.8. The zero-order chi connectivity index (χ0) is 23.2. The van der Waals surface area contributed by atoms with Gasteiger partial charge in [-0.15, -0.1) is 0 Å². The van der Waals surface area contributed by atoms with Crippen LogP contribution >= 0.6 is 11.6 Å². The van der Waals surface area contributed by atoms with E-state index in [2.05, 4.69) is 5.32 Å². The van der Waals surface area contributed by atoms with Crippen molar-refractivity contribution < 1.29 is 27.4 Å². The molecule has 0 saturated heterocycles. The van der Waals surface area contributed by atoms with E-state index in [1.54, 1.807) is 0 Å². The van der Waals surface area contributed by atoms with Crippen molar-refractivity contribution >= 4 is 33.2 Å². The predicted molar refractivity (Wildman–Crippen MR) is 121 cm³/mol. The average Bonchev–Trinajstić information content (AvgIpc) is 2.71. The summed E-state index contributed by atoms with van der Waals surface area (Å²) in [6.07, 6.45) is 1.00. The summed E-state index contributed by atoms with van der Waals surface area (Å²) < 4.78 is 41.9. The number of benzene rings is 2. The predicted octanol–water partition coefficient (Wildman–Crippen LogP) is 2.94. The molecule has 0 saturated carbocycles. The largest absolute Gasteiger partial charge is 0.495 e. The molecule has 0 spiro atoms. The number of sulfonamides is 1. The number of anilines is 1. The molecule has 1 amide bonds. The second-order valence-corrected chi connectivity index (χ2v) is 9.21. The molecule has 1 N–H and O–H groups in total. The number of carbonyl (C=O) groups excluding carboxylic acids is 1. The number of amides is 1. The molecule has 0 heterocycles. The topological polar surface area (TPSA) is 94.2 Å². The third-order valence-electron chi connectivity index (χ3n) is 4.43. The summed E-state index contributed by atoms with van der Waals surface area (Å²) in [5.41, 5.74) is 2.21. The summed E-state index contributed by atoms with van der Waals surface area (Å²) in [5, 5.41) is 2.92. The first-order chi connectivity index (χ1) is 14.6. The lowest BCUT2D eigenvalue weighted by Crippen LogP contribution is -2.41. The van der Waals surface area contributed by atoms with Crippen LogP contribution in [0.15, 0.2) is 30.3 Å². The van der Waals surface area contributed by atoms with Gasteiger partial charge in [0.2, 0.25) is 15.9 Å². The molecule has 0 aliphatic rings. The molecule has 2 aromatic carbocycles. The third-order valence-corrected chi connectivity index (χ3v) is 5.86. The van der Waals surface area contributed by atoms with Crippen molar-refractivity contribution in [2.45, 2.75) is 13.8 Å². The molecule has 0 fully saturated rings. The first kappa shape index (κ1) is 24.6. The fourth-order valence-electron chi connectivity index (χ4n) is 2.82. The zero-order valence-electron chi connectivity index (χ0n) is 18.2. The Bertz CT molecular complexity index is 1040. The molecular formula is C21H27ClN2O6S. The van der Waals surface area contributed by atoms with E-state index in [1.165, 1.54) is 26.4 Å². The number of halogens is 1. The Balaban J connectivity index is 2.08. The van der Waals surface area contributed by atoms with Crippen molar-refractivity contribution in [1.29, 1.82) is 0 Å². The molecular weight excluding hydrogens is 444 g/mol. The summed E-state index contributed by atoms with van der Waals surface area (Å²) in [6.45, 7) is 3.92. The van der Waals surface area contributed by atoms with Crippen molar-refractivity contribution in [1.82, 2.24) is 5.32 Å². The van der Waals surface area contributed by atoms with Gasteiger partial charge in [-0.25, -0.2) is 8.42 Å². The minimum atomic E-state index is -3.80. The highest BCUT2D eigenvalue weighted by molar-refractivity contribution is 7.92. The Morgan fingerprint density at radius 1 is 1.06 bits per heavy atom. The van der Waals surface area contributed by atoms with E-state index in [-0.39, 0.29) is 35.4 Å². The lowest BCUT2D eigenvalue weighted by atomic mass is 10.1. The van der Waals surface area contributed by atoms with Crippen molar-refractivity contribution in [3.63, 3.8) is 0 Å². The van der Waals surface area contributed by atoms with E-state index in [4.69, 9.17) is 25.8 Å². The van der Waals surface area contributed by atoms with Gasteiger partial charge in [0, 0.05) is 12.1 Å². The van der Waals surface area contributed by atoms with Gasteiger partial charge < -0.3 is 19.5 Å². The highest BCUT2D eigenvalue weighted by Gasteiger charge is 2.25. The molecule has 8 nitrogen and oxygen atoms in total. The highest BCUT2D eigenvalue weighted by Crippen LogP contribution is 2.38. The number of ether oxygens (including phenoxy) is 3. The smallest absolute Gasteiger partial charge is 0.240 e. The molecule has 0 bridgehead atoms. The van der Waals surface area contributed by atoms with Crippen LogP contribution in [0.25, 0.3) is 0 Å². The highest BCUT2D eigenvalue weighted by atomic mass is 35.5. The van der Waals surface area contributed by atoms with Crippen molar-refractivity contribution in [3.05, 3.63) is 46.5 Å². The Hall–Kier alpha value is -2.65. The van der Waals surface area contributed by atoms with Crippen LogP contribution in [-0.4, -0.2) is 54.5 Å². The molecule has 170 valence electrons. The van der Waals surface area contributed by atoms with Gasteiger partial charge in [0.25, 0.3) is 0 Å². The Morgan fingerprint density at radius 2 is 1.74 bits per heavy atom. The maximum absolute atomic E-state index is 12.5. The maximum Gasteiger partial charge on any atom is 0.240 e. The summed E-state index contributed by atoms with van der Waals surface area (Å²) >= 11 is 6.09. The van der Waals surface area contributed by atoms with Crippen LogP contribution in [0.1, 0.15) is 11.1 Å². The Morgan fingerprint density at radius 3 is 2.35 bits per heavy atom. The maximum atomic E-state index is 12.5. The van der Waals surface area contributed by atoms with Gasteiger partial charge in [0.15, 0.2) is 0 Å². The normalized spacial score (nSPS) is 11.0. The van der Waals surface area contributed by atoms with Gasteiger partial charge in [-0.2, -0.15) is 0 Å². The lowest BCUT2D eigenvalue weighted by Gasteiger charge is -2.24. The minimum absolute atomic E-state index is 0.146. The monoisotopic (exact) mass is 470 g/mol.